The van der Waals surface area contributed by atoms with E-state index in [2.05, 4.69) is 5.32 Å². The molecule has 1 aliphatic rings. The Balaban J connectivity index is 0.00000312. The topological polar surface area (TPSA) is 84.7 Å². The zero-order valence-electron chi connectivity index (χ0n) is 15.1. The van der Waals surface area contributed by atoms with Crippen LogP contribution in [-0.2, 0) is 9.59 Å². The van der Waals surface area contributed by atoms with Gasteiger partial charge in [-0.2, -0.15) is 0 Å². The average molecular weight is 370 g/mol. The molecule has 6 nitrogen and oxygen atoms in total. The van der Waals surface area contributed by atoms with Crippen LogP contribution in [0.4, 0.5) is 5.69 Å². The third kappa shape index (κ3) is 5.09. The van der Waals surface area contributed by atoms with Crippen molar-refractivity contribution in [2.75, 3.05) is 19.0 Å². The minimum atomic E-state index is -0.531. The fraction of sp³-hybridized carbons (Fsp3) is 0.556. The summed E-state index contributed by atoms with van der Waals surface area (Å²) in [7, 11) is 1.56. The lowest BCUT2D eigenvalue weighted by Crippen LogP contribution is -2.49. The van der Waals surface area contributed by atoms with Crippen LogP contribution in [0.25, 0.3) is 0 Å². The van der Waals surface area contributed by atoms with Crippen LogP contribution in [0.2, 0.25) is 0 Å². The summed E-state index contributed by atoms with van der Waals surface area (Å²) < 4.78 is 5.29. The first kappa shape index (κ1) is 21.3. The van der Waals surface area contributed by atoms with E-state index in [0.29, 0.717) is 30.8 Å². The lowest BCUT2D eigenvalue weighted by molar-refractivity contribution is -0.137. The molecule has 25 heavy (non-hydrogen) atoms. The van der Waals surface area contributed by atoms with Gasteiger partial charge in [-0.25, -0.2) is 0 Å². The van der Waals surface area contributed by atoms with E-state index < -0.39 is 12.1 Å². The Morgan fingerprint density at radius 3 is 2.80 bits per heavy atom. The van der Waals surface area contributed by atoms with Crippen molar-refractivity contribution in [2.45, 2.75) is 51.6 Å². The first-order valence-electron chi connectivity index (χ1n) is 8.49. The molecular weight excluding hydrogens is 342 g/mol. The number of ether oxygens (including phenoxy) is 1. The van der Waals surface area contributed by atoms with Crippen molar-refractivity contribution in [3.05, 3.63) is 23.8 Å². The molecule has 1 aromatic rings. The van der Waals surface area contributed by atoms with Gasteiger partial charge >= 0.3 is 0 Å². The highest BCUT2D eigenvalue weighted by Gasteiger charge is 2.36. The normalized spacial score (nSPS) is 17.6. The monoisotopic (exact) mass is 369 g/mol. The van der Waals surface area contributed by atoms with E-state index in [9.17, 15) is 9.59 Å². The molecule has 0 bridgehead atoms. The van der Waals surface area contributed by atoms with Gasteiger partial charge in [-0.3, -0.25) is 9.59 Å². The Hall–Kier alpha value is -1.79. The maximum Gasteiger partial charge on any atom is 0.247 e. The van der Waals surface area contributed by atoms with E-state index in [0.717, 1.165) is 18.4 Å². The summed E-state index contributed by atoms with van der Waals surface area (Å²) in [6.07, 6.45) is 2.95. The molecule has 7 heteroatoms. The number of methoxy groups -OCH3 is 1. The fourth-order valence-corrected chi connectivity index (χ4v) is 3.09. The molecule has 2 unspecified atom stereocenters. The predicted molar refractivity (Wildman–Crippen MR) is 101 cm³/mol. The van der Waals surface area contributed by atoms with Gasteiger partial charge in [-0.1, -0.05) is 19.4 Å². The van der Waals surface area contributed by atoms with E-state index in [1.807, 2.05) is 32.0 Å². The summed E-state index contributed by atoms with van der Waals surface area (Å²) in [5.74, 6) is 0.284. The second kappa shape index (κ2) is 9.63. The van der Waals surface area contributed by atoms with Gasteiger partial charge in [0.2, 0.25) is 11.8 Å². The van der Waals surface area contributed by atoms with Crippen LogP contribution in [0.5, 0.6) is 5.75 Å². The first-order valence-corrected chi connectivity index (χ1v) is 8.49. The van der Waals surface area contributed by atoms with Crippen molar-refractivity contribution in [2.24, 2.45) is 5.73 Å². The molecule has 140 valence electrons. The zero-order chi connectivity index (χ0) is 17.7. The van der Waals surface area contributed by atoms with Crippen LogP contribution < -0.4 is 15.8 Å². The van der Waals surface area contributed by atoms with Crippen molar-refractivity contribution in [3.8, 4) is 5.75 Å². The Kier molecular flexibility index (Phi) is 8.19. The molecule has 0 spiro atoms. The number of amides is 2. The smallest absolute Gasteiger partial charge is 0.247 e. The van der Waals surface area contributed by atoms with Crippen LogP contribution in [-0.4, -0.2) is 42.5 Å². The van der Waals surface area contributed by atoms with Crippen molar-refractivity contribution >= 4 is 29.9 Å². The molecule has 1 aliphatic heterocycles. The van der Waals surface area contributed by atoms with E-state index in [4.69, 9.17) is 10.5 Å². The summed E-state index contributed by atoms with van der Waals surface area (Å²) in [5.41, 5.74) is 7.59. The van der Waals surface area contributed by atoms with Gasteiger partial charge in [0.25, 0.3) is 0 Å². The predicted octanol–water partition coefficient (Wildman–Crippen LogP) is 2.48. The number of hydrogen-bond acceptors (Lipinski definition) is 4. The number of aryl methyl sites for hydroxylation is 1. The molecule has 2 amide bonds. The van der Waals surface area contributed by atoms with Gasteiger partial charge in [-0.15, -0.1) is 12.4 Å². The molecule has 2 rings (SSSR count). The lowest BCUT2D eigenvalue weighted by atomic mass is 10.1. The number of benzene rings is 1. The van der Waals surface area contributed by atoms with E-state index in [-0.39, 0.29) is 24.2 Å². The lowest BCUT2D eigenvalue weighted by Gasteiger charge is -2.26. The number of halogens is 1. The molecule has 1 fully saturated rings. The van der Waals surface area contributed by atoms with Gasteiger partial charge in [0.1, 0.15) is 11.8 Å². The third-order valence-electron chi connectivity index (χ3n) is 4.37. The highest BCUT2D eigenvalue weighted by Crippen LogP contribution is 2.27. The first-order chi connectivity index (χ1) is 11.5. The maximum atomic E-state index is 12.7. The second-order valence-corrected chi connectivity index (χ2v) is 6.28. The Bertz CT molecular complexity index is 609. The summed E-state index contributed by atoms with van der Waals surface area (Å²) >= 11 is 0. The van der Waals surface area contributed by atoms with Crippen molar-refractivity contribution in [1.82, 2.24) is 4.90 Å². The molecule has 0 saturated carbocycles. The number of carbonyl (C=O) groups is 2. The minimum absolute atomic E-state index is 0. The van der Waals surface area contributed by atoms with E-state index in [1.54, 1.807) is 12.0 Å². The molecule has 3 N–H and O–H groups in total. The van der Waals surface area contributed by atoms with Crippen LogP contribution >= 0.6 is 12.4 Å². The number of carbonyl (C=O) groups excluding carboxylic acids is 2. The van der Waals surface area contributed by atoms with Gasteiger partial charge < -0.3 is 20.7 Å². The molecule has 0 radical (unpaired) electrons. The highest BCUT2D eigenvalue weighted by molar-refractivity contribution is 5.99. The molecule has 0 aromatic heterocycles. The van der Waals surface area contributed by atoms with Crippen LogP contribution in [0.1, 0.15) is 38.2 Å². The van der Waals surface area contributed by atoms with Crippen molar-refractivity contribution < 1.29 is 14.3 Å². The highest BCUT2D eigenvalue weighted by atomic mass is 35.5. The van der Waals surface area contributed by atoms with E-state index >= 15 is 0 Å². The van der Waals surface area contributed by atoms with Crippen LogP contribution in [0.15, 0.2) is 18.2 Å². The molecular formula is C18H28ClN3O3. The summed E-state index contributed by atoms with van der Waals surface area (Å²) in [5, 5.41) is 2.90. The number of nitrogens with two attached hydrogens (primary N) is 1. The average Bonchev–Trinajstić information content (AvgIpc) is 3.04. The number of rotatable bonds is 6. The standard InChI is InChI=1S/C18H27N3O3.ClH/c1-4-6-13(19)18(23)21-10-5-7-15(21)17(22)20-14-11-12(2)8-9-16(14)24-3;/h8-9,11,13,15H,4-7,10,19H2,1-3H3,(H,20,22);1H. The minimum Gasteiger partial charge on any atom is -0.495 e. The maximum absolute atomic E-state index is 12.7. The van der Waals surface area contributed by atoms with Crippen LogP contribution in [0, 0.1) is 6.92 Å². The largest absolute Gasteiger partial charge is 0.495 e. The SMILES string of the molecule is CCCC(N)C(=O)N1CCCC1C(=O)Nc1cc(C)ccc1OC.Cl. The number of likely N-dealkylation sites (tertiary alicyclic amines) is 1. The molecule has 2 atom stereocenters. The van der Waals surface area contributed by atoms with E-state index in [1.165, 1.54) is 0 Å². The number of nitrogens with one attached hydrogen (secondary N) is 1. The summed E-state index contributed by atoms with van der Waals surface area (Å²) in [6.45, 7) is 4.52. The molecule has 1 aromatic carbocycles. The van der Waals surface area contributed by atoms with Gasteiger partial charge in [0, 0.05) is 6.54 Å². The van der Waals surface area contributed by atoms with Crippen molar-refractivity contribution in [3.63, 3.8) is 0 Å². The summed E-state index contributed by atoms with van der Waals surface area (Å²) in [6, 6.07) is 4.60. The zero-order valence-corrected chi connectivity index (χ0v) is 15.9. The molecule has 1 saturated heterocycles. The second-order valence-electron chi connectivity index (χ2n) is 6.28. The Labute approximate surface area is 155 Å². The fourth-order valence-electron chi connectivity index (χ4n) is 3.09. The van der Waals surface area contributed by atoms with Gasteiger partial charge in [0.05, 0.1) is 18.8 Å². The van der Waals surface area contributed by atoms with Crippen LogP contribution in [0.3, 0.4) is 0 Å². The Morgan fingerprint density at radius 1 is 1.44 bits per heavy atom. The quantitative estimate of drug-likeness (QED) is 0.806. The number of anilines is 1. The van der Waals surface area contributed by atoms with Crippen molar-refractivity contribution in [1.29, 1.82) is 0 Å². The molecule has 0 aliphatic carbocycles. The third-order valence-corrected chi connectivity index (χ3v) is 4.37. The molecule has 1 heterocycles. The Morgan fingerprint density at radius 2 is 2.16 bits per heavy atom. The number of nitrogens with zero attached hydrogens (tertiary/aromatic N) is 1. The van der Waals surface area contributed by atoms with Gasteiger partial charge in [0.15, 0.2) is 0 Å². The van der Waals surface area contributed by atoms with Gasteiger partial charge in [-0.05, 0) is 43.9 Å². The number of hydrogen-bond donors (Lipinski definition) is 2. The summed E-state index contributed by atoms with van der Waals surface area (Å²) in [4.78, 5) is 26.8.